The molecule has 2 N–H and O–H groups in total. The predicted molar refractivity (Wildman–Crippen MR) is 115 cm³/mol. The minimum absolute atomic E-state index is 0.189. The number of allylic oxidation sites excluding steroid dienone is 1. The molecule has 0 saturated heterocycles. The minimum atomic E-state index is -3.29. The second-order valence-electron chi connectivity index (χ2n) is 8.92. The number of fused-ring (bicyclic) bond motifs is 3. The molecule has 0 spiro atoms. The van der Waals surface area contributed by atoms with Gasteiger partial charge in [0.25, 0.3) is 0 Å². The van der Waals surface area contributed by atoms with Crippen LogP contribution < -0.4 is 4.72 Å². The van der Waals surface area contributed by atoms with Crippen LogP contribution >= 0.6 is 0 Å². The van der Waals surface area contributed by atoms with Crippen molar-refractivity contribution in [2.75, 3.05) is 5.75 Å². The molecule has 30 heavy (non-hydrogen) atoms. The second-order valence-corrected chi connectivity index (χ2v) is 10.7. The van der Waals surface area contributed by atoms with Crippen molar-refractivity contribution in [2.45, 2.75) is 57.8 Å². The fourth-order valence-electron chi connectivity index (χ4n) is 5.11. The molecule has 9 heteroatoms. The van der Waals surface area contributed by atoms with E-state index in [1.165, 1.54) is 6.42 Å². The Bertz CT molecular complexity index is 1190. The fraction of sp³-hybridized carbons (Fsp3) is 0.571. The number of nitrogens with zero attached hydrogens (tertiary/aromatic N) is 4. The number of hydrogen-bond acceptors (Lipinski definition) is 5. The van der Waals surface area contributed by atoms with Gasteiger partial charge in [0.1, 0.15) is 5.82 Å². The van der Waals surface area contributed by atoms with Gasteiger partial charge in [-0.2, -0.15) is 0 Å². The molecule has 0 amide bonds. The molecule has 5 rings (SSSR count). The number of aromatic amines is 1. The van der Waals surface area contributed by atoms with Gasteiger partial charge >= 0.3 is 0 Å². The van der Waals surface area contributed by atoms with E-state index in [1.807, 2.05) is 12.3 Å². The largest absolute Gasteiger partial charge is 0.345 e. The van der Waals surface area contributed by atoms with Crippen LogP contribution in [0.15, 0.2) is 30.2 Å². The van der Waals surface area contributed by atoms with Crippen LogP contribution in [0.25, 0.3) is 16.8 Å². The van der Waals surface area contributed by atoms with Crippen LogP contribution in [0, 0.1) is 11.8 Å². The van der Waals surface area contributed by atoms with Gasteiger partial charge in [-0.15, -0.1) is 10.2 Å². The summed E-state index contributed by atoms with van der Waals surface area (Å²) < 4.78 is 29.9. The van der Waals surface area contributed by atoms with Gasteiger partial charge < -0.3 is 4.98 Å². The molecule has 3 aromatic rings. The van der Waals surface area contributed by atoms with E-state index < -0.39 is 10.0 Å². The van der Waals surface area contributed by atoms with Crippen molar-refractivity contribution in [3.05, 3.63) is 36.1 Å². The van der Waals surface area contributed by atoms with Crippen LogP contribution in [0.5, 0.6) is 0 Å². The zero-order valence-corrected chi connectivity index (χ0v) is 18.0. The van der Waals surface area contributed by atoms with E-state index in [0.29, 0.717) is 11.8 Å². The summed E-state index contributed by atoms with van der Waals surface area (Å²) in [7, 11) is -3.29. The first kappa shape index (κ1) is 19.5. The van der Waals surface area contributed by atoms with Gasteiger partial charge in [0.2, 0.25) is 10.0 Å². The van der Waals surface area contributed by atoms with Gasteiger partial charge in [0.05, 0.1) is 17.5 Å². The molecule has 2 unspecified atom stereocenters. The summed E-state index contributed by atoms with van der Waals surface area (Å²) in [5, 5.41) is 8.78. The highest BCUT2D eigenvalue weighted by Crippen LogP contribution is 2.42. The van der Waals surface area contributed by atoms with Crippen LogP contribution in [0.2, 0.25) is 0 Å². The Morgan fingerprint density at radius 2 is 2.07 bits per heavy atom. The first-order valence-electron chi connectivity index (χ1n) is 10.9. The van der Waals surface area contributed by atoms with E-state index in [4.69, 9.17) is 0 Å². The SMILES string of the molecule is CC1C/C(=C\NS(=O)(=O)CC2CCCCC2)CC1c1nnc2cnc3[nH]ccc3n12. The third-order valence-corrected chi connectivity index (χ3v) is 8.06. The van der Waals surface area contributed by atoms with Crippen molar-refractivity contribution < 1.29 is 8.42 Å². The van der Waals surface area contributed by atoms with Crippen molar-refractivity contribution in [1.29, 1.82) is 0 Å². The standard InChI is InChI=1S/C21H28N6O2S/c1-14-9-16(11-24-30(28,29)13-15-5-3-2-4-6-15)10-17(14)21-26-25-19-12-23-20-18(27(19)21)7-8-22-20/h7-8,11-12,14-15,17,22,24H,2-6,9-10,13H2,1H3/b16-11+. The quantitative estimate of drug-likeness (QED) is 0.647. The van der Waals surface area contributed by atoms with E-state index in [2.05, 4.69) is 36.2 Å². The molecule has 2 fully saturated rings. The Morgan fingerprint density at radius 3 is 2.90 bits per heavy atom. The molecular formula is C21H28N6O2S. The number of hydrogen-bond donors (Lipinski definition) is 2. The first-order chi connectivity index (χ1) is 14.5. The van der Waals surface area contributed by atoms with Crippen molar-refractivity contribution in [3.63, 3.8) is 0 Å². The molecule has 0 bridgehead atoms. The molecule has 3 heterocycles. The van der Waals surface area contributed by atoms with Gasteiger partial charge in [-0.1, -0.05) is 31.8 Å². The van der Waals surface area contributed by atoms with E-state index >= 15 is 0 Å². The van der Waals surface area contributed by atoms with Gasteiger partial charge in [0, 0.05) is 18.3 Å². The summed E-state index contributed by atoms with van der Waals surface area (Å²) in [6.45, 7) is 2.19. The molecule has 8 nitrogen and oxygen atoms in total. The van der Waals surface area contributed by atoms with Gasteiger partial charge in [0.15, 0.2) is 11.3 Å². The third kappa shape index (κ3) is 3.71. The smallest absolute Gasteiger partial charge is 0.232 e. The van der Waals surface area contributed by atoms with E-state index in [-0.39, 0.29) is 11.7 Å². The lowest BCUT2D eigenvalue weighted by atomic mass is 9.91. The summed E-state index contributed by atoms with van der Waals surface area (Å²) in [5.41, 5.74) is 3.62. The van der Waals surface area contributed by atoms with Crippen molar-refractivity contribution >= 4 is 26.8 Å². The Labute approximate surface area is 176 Å². The molecule has 0 aromatic carbocycles. The zero-order chi connectivity index (χ0) is 20.7. The minimum Gasteiger partial charge on any atom is -0.345 e. The Balaban J connectivity index is 1.34. The number of rotatable bonds is 5. The molecule has 2 saturated carbocycles. The normalized spacial score (nSPS) is 24.9. The molecule has 2 aliphatic carbocycles. The summed E-state index contributed by atoms with van der Waals surface area (Å²) in [6.07, 6.45) is 12.5. The number of aromatic nitrogens is 5. The van der Waals surface area contributed by atoms with E-state index in [9.17, 15) is 8.42 Å². The van der Waals surface area contributed by atoms with Crippen LogP contribution in [0.1, 0.15) is 63.6 Å². The maximum atomic E-state index is 12.5. The summed E-state index contributed by atoms with van der Waals surface area (Å²) in [5.74, 6) is 1.99. The third-order valence-electron chi connectivity index (χ3n) is 6.67. The number of H-pyrrole nitrogens is 1. The first-order valence-corrected chi connectivity index (χ1v) is 12.5. The molecule has 0 radical (unpaired) electrons. The van der Waals surface area contributed by atoms with Gasteiger partial charge in [-0.3, -0.25) is 9.12 Å². The monoisotopic (exact) mass is 428 g/mol. The zero-order valence-electron chi connectivity index (χ0n) is 17.2. The van der Waals surface area contributed by atoms with Crippen molar-refractivity contribution in [2.24, 2.45) is 11.8 Å². The Morgan fingerprint density at radius 1 is 1.23 bits per heavy atom. The van der Waals surface area contributed by atoms with Gasteiger partial charge in [-0.05, 0) is 43.6 Å². The van der Waals surface area contributed by atoms with Crippen molar-refractivity contribution in [1.82, 2.24) is 29.3 Å². The lowest BCUT2D eigenvalue weighted by Crippen LogP contribution is -2.27. The Hall–Kier alpha value is -2.42. The molecule has 160 valence electrons. The van der Waals surface area contributed by atoms with Crippen LogP contribution in [-0.2, 0) is 10.0 Å². The van der Waals surface area contributed by atoms with Crippen LogP contribution in [-0.4, -0.2) is 38.7 Å². The summed E-state index contributed by atoms with van der Waals surface area (Å²) in [6, 6.07) is 1.98. The fourth-order valence-corrected chi connectivity index (χ4v) is 6.51. The second kappa shape index (κ2) is 7.68. The maximum Gasteiger partial charge on any atom is 0.232 e. The topological polar surface area (TPSA) is 105 Å². The lowest BCUT2D eigenvalue weighted by molar-refractivity contribution is 0.384. The van der Waals surface area contributed by atoms with Gasteiger partial charge in [-0.25, -0.2) is 13.4 Å². The maximum absolute atomic E-state index is 12.5. The lowest BCUT2D eigenvalue weighted by Gasteiger charge is -2.21. The Kier molecular flexibility index (Phi) is 5.00. The van der Waals surface area contributed by atoms with Crippen LogP contribution in [0.3, 0.4) is 0 Å². The number of sulfonamides is 1. The summed E-state index contributed by atoms with van der Waals surface area (Å²) >= 11 is 0. The molecular weight excluding hydrogens is 400 g/mol. The highest BCUT2D eigenvalue weighted by molar-refractivity contribution is 7.89. The van der Waals surface area contributed by atoms with Crippen molar-refractivity contribution in [3.8, 4) is 0 Å². The van der Waals surface area contributed by atoms with Crippen LogP contribution in [0.4, 0.5) is 0 Å². The molecule has 2 aliphatic rings. The average molecular weight is 429 g/mol. The highest BCUT2D eigenvalue weighted by Gasteiger charge is 2.33. The van der Waals surface area contributed by atoms with E-state index in [1.54, 1.807) is 12.4 Å². The molecule has 0 aliphatic heterocycles. The summed E-state index contributed by atoms with van der Waals surface area (Å²) in [4.78, 5) is 7.51. The van der Waals surface area contributed by atoms with E-state index in [0.717, 1.165) is 66.7 Å². The number of nitrogens with one attached hydrogen (secondary N) is 2. The molecule has 3 aromatic heterocycles. The molecule has 2 atom stereocenters. The highest BCUT2D eigenvalue weighted by atomic mass is 32.2. The average Bonchev–Trinajstić information content (AvgIpc) is 3.44. The predicted octanol–water partition coefficient (Wildman–Crippen LogP) is 3.50.